The monoisotopic (exact) mass is 476 g/mol. The lowest BCUT2D eigenvalue weighted by atomic mass is 9.94. The van der Waals surface area contributed by atoms with Crippen molar-refractivity contribution in [1.82, 2.24) is 15.0 Å². The number of hydrogen-bond donors (Lipinski definition) is 4. The van der Waals surface area contributed by atoms with Gasteiger partial charge in [-0.25, -0.2) is 8.42 Å². The van der Waals surface area contributed by atoms with E-state index in [4.69, 9.17) is 0 Å². The summed E-state index contributed by atoms with van der Waals surface area (Å²) in [5.74, 6) is 0.684. The highest BCUT2D eigenvalue weighted by molar-refractivity contribution is 7.91. The summed E-state index contributed by atoms with van der Waals surface area (Å²) in [5.41, 5.74) is 2.79. The lowest BCUT2D eigenvalue weighted by Crippen LogP contribution is -2.27. The van der Waals surface area contributed by atoms with Crippen molar-refractivity contribution in [1.29, 1.82) is 0 Å². The molecule has 3 atom stereocenters. The normalized spacial score (nSPS) is 17.4. The molecule has 0 spiro atoms. The number of benzene rings is 1. The second-order valence-corrected chi connectivity index (χ2v) is 10.8. The van der Waals surface area contributed by atoms with E-state index in [1.807, 2.05) is 45.9 Å². The van der Waals surface area contributed by atoms with Crippen molar-refractivity contribution in [3.8, 4) is 0 Å². The molecule has 10 nitrogen and oxygen atoms in total. The van der Waals surface area contributed by atoms with Crippen LogP contribution in [0.2, 0.25) is 0 Å². The van der Waals surface area contributed by atoms with E-state index >= 15 is 0 Å². The lowest BCUT2D eigenvalue weighted by Gasteiger charge is -2.19. The summed E-state index contributed by atoms with van der Waals surface area (Å²) < 4.78 is 25.8. The molecule has 180 valence electrons. The molecule has 0 bridgehead atoms. The van der Waals surface area contributed by atoms with Gasteiger partial charge in [0.1, 0.15) is 5.82 Å². The Bertz CT molecular complexity index is 1120. The van der Waals surface area contributed by atoms with E-state index in [2.05, 4.69) is 30.3 Å². The van der Waals surface area contributed by atoms with Gasteiger partial charge in [-0.05, 0) is 42.4 Å². The predicted octanol–water partition coefficient (Wildman–Crippen LogP) is 2.46. The average Bonchev–Trinajstić information content (AvgIpc) is 2.98. The molecule has 1 aliphatic heterocycles. The quantitative estimate of drug-likeness (QED) is 0.409. The fraction of sp³-hybridized carbons (Fsp3) is 0.545. The van der Waals surface area contributed by atoms with Crippen LogP contribution in [0.4, 0.5) is 17.6 Å². The first-order valence-corrected chi connectivity index (χ1v) is 12.9. The number of nitrogens with one attached hydrogen (secondary N) is 3. The number of carbonyl (C=O) groups is 1. The van der Waals surface area contributed by atoms with Gasteiger partial charge < -0.3 is 15.7 Å². The third-order valence-corrected chi connectivity index (χ3v) is 6.07. The van der Waals surface area contributed by atoms with Gasteiger partial charge in [-0.1, -0.05) is 32.9 Å². The zero-order chi connectivity index (χ0) is 24.3. The van der Waals surface area contributed by atoms with Gasteiger partial charge in [-0.15, -0.1) is 0 Å². The van der Waals surface area contributed by atoms with E-state index < -0.39 is 10.0 Å². The minimum absolute atomic E-state index is 0.00579. The van der Waals surface area contributed by atoms with Crippen LogP contribution in [0.5, 0.6) is 0 Å². The Hall–Kier alpha value is -2.79. The van der Waals surface area contributed by atoms with E-state index in [0.29, 0.717) is 24.6 Å². The fourth-order valence-corrected chi connectivity index (χ4v) is 4.28. The molecule has 0 radical (unpaired) electrons. The van der Waals surface area contributed by atoms with Gasteiger partial charge in [-0.2, -0.15) is 15.0 Å². The Kier molecular flexibility index (Phi) is 7.53. The van der Waals surface area contributed by atoms with Crippen LogP contribution < -0.4 is 15.4 Å². The molecule has 0 fully saturated rings. The van der Waals surface area contributed by atoms with E-state index in [0.717, 1.165) is 23.1 Å². The number of sulfonamides is 1. The summed E-state index contributed by atoms with van der Waals surface area (Å²) in [4.78, 5) is 24.9. The van der Waals surface area contributed by atoms with E-state index in [-0.39, 0.29) is 42.3 Å². The summed E-state index contributed by atoms with van der Waals surface area (Å²) in [5, 5.41) is 15.7. The van der Waals surface area contributed by atoms with Gasteiger partial charge in [0.05, 0.1) is 24.8 Å². The first-order valence-electron chi connectivity index (χ1n) is 11.0. The zero-order valence-corrected chi connectivity index (χ0v) is 20.4. The second kappa shape index (κ2) is 10.0. The maximum atomic E-state index is 12.0. The molecule has 3 rings (SSSR count). The summed E-state index contributed by atoms with van der Waals surface area (Å²) >= 11 is 0. The topological polar surface area (TPSA) is 146 Å². The van der Waals surface area contributed by atoms with Crippen LogP contribution in [0.1, 0.15) is 62.9 Å². The molecular formula is C22H32N6O4S. The minimum Gasteiger partial charge on any atom is -0.394 e. The number of fused-ring (bicyclic) bond motifs is 1. The van der Waals surface area contributed by atoms with Crippen molar-refractivity contribution in [2.24, 2.45) is 5.92 Å². The number of aromatic nitrogens is 3. The van der Waals surface area contributed by atoms with Gasteiger partial charge in [0.25, 0.3) is 0 Å². The lowest BCUT2D eigenvalue weighted by molar-refractivity contribution is -0.116. The van der Waals surface area contributed by atoms with Crippen LogP contribution in [0.25, 0.3) is 0 Å². The average molecular weight is 477 g/mol. The van der Waals surface area contributed by atoms with Crippen molar-refractivity contribution < 1.29 is 18.3 Å². The Morgan fingerprint density at radius 2 is 1.85 bits per heavy atom. The summed E-state index contributed by atoms with van der Waals surface area (Å²) in [6.07, 6.45) is 2.15. The SMILES string of the molecule is CC(C)C[C@H](CO)Nc1nc(CC(C)c2ccc3c(c2)NC(=O)C3C)nc(NS(C)(=O)=O)n1. The molecule has 0 saturated heterocycles. The van der Waals surface area contributed by atoms with Gasteiger partial charge in [0.2, 0.25) is 27.8 Å². The first-order chi connectivity index (χ1) is 15.4. The first kappa shape index (κ1) is 24.8. The Labute approximate surface area is 194 Å². The van der Waals surface area contributed by atoms with Gasteiger partial charge in [-0.3, -0.25) is 9.52 Å². The molecule has 2 aromatic rings. The van der Waals surface area contributed by atoms with Gasteiger partial charge in [0.15, 0.2) is 0 Å². The van der Waals surface area contributed by atoms with Crippen LogP contribution in [-0.4, -0.2) is 53.3 Å². The number of carbonyl (C=O) groups excluding carboxylic acids is 1. The fourth-order valence-electron chi connectivity index (χ4n) is 3.86. The highest BCUT2D eigenvalue weighted by Gasteiger charge is 2.27. The van der Waals surface area contributed by atoms with Crippen LogP contribution in [-0.2, 0) is 21.2 Å². The maximum Gasteiger partial charge on any atom is 0.241 e. The number of anilines is 3. The third kappa shape index (κ3) is 6.61. The molecule has 1 aromatic heterocycles. The summed E-state index contributed by atoms with van der Waals surface area (Å²) in [6, 6.07) is 5.63. The largest absolute Gasteiger partial charge is 0.394 e. The van der Waals surface area contributed by atoms with Crippen molar-refractivity contribution in [3.63, 3.8) is 0 Å². The van der Waals surface area contributed by atoms with Gasteiger partial charge in [0, 0.05) is 12.1 Å². The minimum atomic E-state index is -3.58. The van der Waals surface area contributed by atoms with Crippen molar-refractivity contribution >= 4 is 33.5 Å². The Morgan fingerprint density at radius 1 is 1.15 bits per heavy atom. The molecule has 4 N–H and O–H groups in total. The van der Waals surface area contributed by atoms with Crippen LogP contribution in [0.15, 0.2) is 18.2 Å². The molecule has 33 heavy (non-hydrogen) atoms. The number of aliphatic hydroxyl groups excluding tert-OH is 1. The molecule has 1 aliphatic rings. The third-order valence-electron chi connectivity index (χ3n) is 5.52. The number of hydrogen-bond acceptors (Lipinski definition) is 8. The summed E-state index contributed by atoms with van der Waals surface area (Å²) in [7, 11) is -3.58. The molecule has 1 amide bonds. The van der Waals surface area contributed by atoms with Crippen molar-refractivity contribution in [2.75, 3.05) is 28.2 Å². The van der Waals surface area contributed by atoms with Crippen molar-refractivity contribution in [2.45, 2.75) is 58.4 Å². The van der Waals surface area contributed by atoms with E-state index in [9.17, 15) is 18.3 Å². The van der Waals surface area contributed by atoms with Crippen LogP contribution in [0.3, 0.4) is 0 Å². The predicted molar refractivity (Wildman–Crippen MR) is 128 cm³/mol. The Balaban J connectivity index is 1.85. The molecule has 0 saturated carbocycles. The highest BCUT2D eigenvalue weighted by atomic mass is 32.2. The summed E-state index contributed by atoms with van der Waals surface area (Å²) in [6.45, 7) is 7.86. The smallest absolute Gasteiger partial charge is 0.241 e. The molecule has 11 heteroatoms. The molecular weight excluding hydrogens is 444 g/mol. The number of amides is 1. The van der Waals surface area contributed by atoms with Crippen LogP contribution in [0, 0.1) is 5.92 Å². The molecule has 1 aromatic carbocycles. The number of aliphatic hydroxyl groups is 1. The Morgan fingerprint density at radius 3 is 2.48 bits per heavy atom. The molecule has 2 unspecified atom stereocenters. The zero-order valence-electron chi connectivity index (χ0n) is 19.6. The van der Waals surface area contributed by atoms with Gasteiger partial charge >= 0.3 is 0 Å². The standard InChI is InChI=1S/C22H32N6O4S/c1-12(2)8-16(11-29)23-21-25-19(26-22(27-21)28-33(5,31)32)9-13(3)15-6-7-17-14(4)20(30)24-18(17)10-15/h6-7,10,12-14,16,29H,8-9,11H2,1-5H3,(H,24,30)(H2,23,25,26,27,28)/t13?,14?,16-/m1/s1. The second-order valence-electron chi connectivity index (χ2n) is 9.09. The number of rotatable bonds is 10. The van der Waals surface area contributed by atoms with E-state index in [1.165, 1.54) is 0 Å². The van der Waals surface area contributed by atoms with Crippen LogP contribution >= 0.6 is 0 Å². The highest BCUT2D eigenvalue weighted by Crippen LogP contribution is 2.34. The molecule has 2 heterocycles. The number of nitrogens with zero attached hydrogens (tertiary/aromatic N) is 3. The maximum absolute atomic E-state index is 12.0. The van der Waals surface area contributed by atoms with E-state index in [1.54, 1.807) is 0 Å². The van der Waals surface area contributed by atoms with Crippen molar-refractivity contribution in [3.05, 3.63) is 35.2 Å². The molecule has 0 aliphatic carbocycles.